The van der Waals surface area contributed by atoms with Crippen molar-refractivity contribution < 1.29 is 13.2 Å². The molecule has 0 unspecified atom stereocenters. The predicted octanol–water partition coefficient (Wildman–Crippen LogP) is 3.51. The first-order valence-electron chi connectivity index (χ1n) is 6.26. The average Bonchev–Trinajstić information content (AvgIpc) is 2.95. The van der Waals surface area contributed by atoms with Gasteiger partial charge in [-0.25, -0.2) is 0 Å². The summed E-state index contributed by atoms with van der Waals surface area (Å²) in [6.45, 7) is 5.27. The van der Waals surface area contributed by atoms with Crippen LogP contribution in [0.5, 0.6) is 0 Å². The molecule has 0 aliphatic carbocycles. The van der Waals surface area contributed by atoms with Gasteiger partial charge in [-0.1, -0.05) is 13.8 Å². The number of rotatable bonds is 5. The average molecular weight is 303 g/mol. The zero-order valence-electron chi connectivity index (χ0n) is 11.2. The highest BCUT2D eigenvalue weighted by atomic mass is 32.1. The van der Waals surface area contributed by atoms with E-state index in [1.165, 1.54) is 10.9 Å². The van der Waals surface area contributed by atoms with Gasteiger partial charge in [0.15, 0.2) is 5.69 Å². The molecule has 0 spiro atoms. The van der Waals surface area contributed by atoms with E-state index in [9.17, 15) is 13.2 Å². The summed E-state index contributed by atoms with van der Waals surface area (Å²) >= 11 is 1.58. The van der Waals surface area contributed by atoms with Crippen molar-refractivity contribution in [3.05, 3.63) is 39.8 Å². The summed E-state index contributed by atoms with van der Waals surface area (Å²) < 4.78 is 38.6. The number of nitrogens with zero attached hydrogens (tertiary/aromatic N) is 2. The van der Waals surface area contributed by atoms with Crippen LogP contribution in [0.3, 0.4) is 0 Å². The standard InChI is InChI=1S/C13H16F3N3S/c1-9(2)17-7-10-3-4-11(20-10)8-19-6-5-12(18-19)13(14,15)16/h3-6,9,17H,7-8H2,1-2H3. The van der Waals surface area contributed by atoms with Crippen LogP contribution < -0.4 is 5.32 Å². The summed E-state index contributed by atoms with van der Waals surface area (Å²) in [5.74, 6) is 0. The van der Waals surface area contributed by atoms with Gasteiger partial charge in [-0.2, -0.15) is 18.3 Å². The molecule has 0 bridgehead atoms. The van der Waals surface area contributed by atoms with Crippen LogP contribution in [-0.4, -0.2) is 15.8 Å². The molecule has 0 aliphatic heterocycles. The van der Waals surface area contributed by atoms with Gasteiger partial charge in [0.05, 0.1) is 6.54 Å². The van der Waals surface area contributed by atoms with Crippen molar-refractivity contribution in [3.8, 4) is 0 Å². The Bertz CT molecular complexity index is 557. The summed E-state index contributed by atoms with van der Waals surface area (Å²) in [4.78, 5) is 2.15. The fourth-order valence-corrected chi connectivity index (χ4v) is 2.63. The molecule has 0 saturated heterocycles. The van der Waals surface area contributed by atoms with Gasteiger partial charge in [-0.05, 0) is 18.2 Å². The number of nitrogens with one attached hydrogen (secondary N) is 1. The van der Waals surface area contributed by atoms with E-state index in [1.54, 1.807) is 11.3 Å². The summed E-state index contributed by atoms with van der Waals surface area (Å²) in [5.41, 5.74) is -0.851. The summed E-state index contributed by atoms with van der Waals surface area (Å²) in [6, 6.07) is 5.32. The molecular formula is C13H16F3N3S. The van der Waals surface area contributed by atoms with Gasteiger partial charge in [-0.3, -0.25) is 4.68 Å². The quantitative estimate of drug-likeness (QED) is 0.916. The first-order valence-corrected chi connectivity index (χ1v) is 7.08. The first kappa shape index (κ1) is 15.1. The molecule has 2 heterocycles. The molecule has 0 atom stereocenters. The lowest BCUT2D eigenvalue weighted by Crippen LogP contribution is -2.21. The van der Waals surface area contributed by atoms with E-state index in [2.05, 4.69) is 24.3 Å². The van der Waals surface area contributed by atoms with Crippen molar-refractivity contribution in [2.24, 2.45) is 0 Å². The van der Waals surface area contributed by atoms with Gasteiger partial charge >= 0.3 is 6.18 Å². The normalized spacial score (nSPS) is 12.3. The third-order valence-electron chi connectivity index (χ3n) is 2.65. The van der Waals surface area contributed by atoms with Crippen LogP contribution in [-0.2, 0) is 19.3 Å². The minimum Gasteiger partial charge on any atom is -0.310 e. The number of thiophene rings is 1. The molecule has 2 aromatic rings. The van der Waals surface area contributed by atoms with E-state index in [0.717, 1.165) is 22.4 Å². The van der Waals surface area contributed by atoms with Gasteiger partial charge in [0.25, 0.3) is 0 Å². The maximum atomic E-state index is 12.4. The SMILES string of the molecule is CC(C)NCc1ccc(Cn2ccc(C(F)(F)F)n2)s1. The Morgan fingerprint density at radius 3 is 2.55 bits per heavy atom. The molecule has 20 heavy (non-hydrogen) atoms. The van der Waals surface area contributed by atoms with Crippen LogP contribution in [0.2, 0.25) is 0 Å². The Hall–Kier alpha value is -1.34. The van der Waals surface area contributed by atoms with Crippen LogP contribution >= 0.6 is 11.3 Å². The van der Waals surface area contributed by atoms with Gasteiger partial charge in [0.2, 0.25) is 0 Å². The second-order valence-electron chi connectivity index (χ2n) is 4.80. The summed E-state index contributed by atoms with van der Waals surface area (Å²) in [6.07, 6.45) is -3.03. The van der Waals surface area contributed by atoms with E-state index >= 15 is 0 Å². The summed E-state index contributed by atoms with van der Waals surface area (Å²) in [7, 11) is 0. The highest BCUT2D eigenvalue weighted by molar-refractivity contribution is 7.11. The molecule has 0 aromatic carbocycles. The van der Waals surface area contributed by atoms with Crippen molar-refractivity contribution >= 4 is 11.3 Å². The summed E-state index contributed by atoms with van der Waals surface area (Å²) in [5, 5.41) is 6.85. The van der Waals surface area contributed by atoms with Gasteiger partial charge < -0.3 is 5.32 Å². The minimum atomic E-state index is -4.38. The van der Waals surface area contributed by atoms with Crippen molar-refractivity contribution in [1.29, 1.82) is 0 Å². The molecule has 1 N–H and O–H groups in total. The Morgan fingerprint density at radius 1 is 1.25 bits per heavy atom. The zero-order chi connectivity index (χ0) is 14.8. The maximum absolute atomic E-state index is 12.4. The van der Waals surface area contributed by atoms with Crippen molar-refractivity contribution in [3.63, 3.8) is 0 Å². The lowest BCUT2D eigenvalue weighted by atomic mass is 10.3. The number of hydrogen-bond donors (Lipinski definition) is 1. The second-order valence-corrected chi connectivity index (χ2v) is 6.05. The highest BCUT2D eigenvalue weighted by Crippen LogP contribution is 2.27. The van der Waals surface area contributed by atoms with Gasteiger partial charge in [0.1, 0.15) is 0 Å². The monoisotopic (exact) mass is 303 g/mol. The molecule has 0 saturated carbocycles. The Labute approximate surface area is 119 Å². The predicted molar refractivity (Wildman–Crippen MR) is 72.6 cm³/mol. The lowest BCUT2D eigenvalue weighted by molar-refractivity contribution is -0.141. The molecule has 0 amide bonds. The topological polar surface area (TPSA) is 29.9 Å². The number of alkyl halides is 3. The van der Waals surface area contributed by atoms with Gasteiger partial charge in [0, 0.05) is 28.5 Å². The van der Waals surface area contributed by atoms with Crippen LogP contribution in [0.4, 0.5) is 13.2 Å². The zero-order valence-corrected chi connectivity index (χ0v) is 12.1. The van der Waals surface area contributed by atoms with Crippen molar-refractivity contribution in [1.82, 2.24) is 15.1 Å². The molecule has 0 aliphatic rings. The Kier molecular flexibility index (Phi) is 4.49. The third-order valence-corrected chi connectivity index (χ3v) is 3.72. The molecular weight excluding hydrogens is 287 g/mol. The maximum Gasteiger partial charge on any atom is 0.435 e. The van der Waals surface area contributed by atoms with E-state index < -0.39 is 11.9 Å². The van der Waals surface area contributed by atoms with Crippen LogP contribution in [0.1, 0.15) is 29.3 Å². The van der Waals surface area contributed by atoms with Crippen LogP contribution in [0.15, 0.2) is 24.4 Å². The minimum absolute atomic E-state index is 0.364. The number of halogens is 3. The molecule has 2 aromatic heterocycles. The number of hydrogen-bond acceptors (Lipinski definition) is 3. The van der Waals surface area contributed by atoms with E-state index in [0.29, 0.717) is 12.6 Å². The number of aromatic nitrogens is 2. The first-order chi connectivity index (χ1) is 9.34. The smallest absolute Gasteiger partial charge is 0.310 e. The Morgan fingerprint density at radius 2 is 1.95 bits per heavy atom. The third kappa shape index (κ3) is 4.08. The van der Waals surface area contributed by atoms with Crippen molar-refractivity contribution in [2.75, 3.05) is 0 Å². The molecule has 2 rings (SSSR count). The van der Waals surface area contributed by atoms with E-state index in [4.69, 9.17) is 0 Å². The fraction of sp³-hybridized carbons (Fsp3) is 0.462. The fourth-order valence-electron chi connectivity index (χ4n) is 1.67. The van der Waals surface area contributed by atoms with Crippen LogP contribution in [0.25, 0.3) is 0 Å². The molecule has 110 valence electrons. The Balaban J connectivity index is 1.98. The highest BCUT2D eigenvalue weighted by Gasteiger charge is 2.33. The van der Waals surface area contributed by atoms with Crippen LogP contribution in [0, 0.1) is 0 Å². The molecule has 3 nitrogen and oxygen atoms in total. The lowest BCUT2D eigenvalue weighted by Gasteiger charge is -2.05. The molecule has 0 fully saturated rings. The largest absolute Gasteiger partial charge is 0.435 e. The van der Waals surface area contributed by atoms with E-state index in [-0.39, 0.29) is 0 Å². The van der Waals surface area contributed by atoms with Gasteiger partial charge in [-0.15, -0.1) is 11.3 Å². The van der Waals surface area contributed by atoms with E-state index in [1.807, 2.05) is 12.1 Å². The molecule has 7 heteroatoms. The second kappa shape index (κ2) is 5.97. The molecule has 0 radical (unpaired) electrons. The van der Waals surface area contributed by atoms with Crippen molar-refractivity contribution in [2.45, 2.75) is 39.2 Å².